The van der Waals surface area contributed by atoms with E-state index in [2.05, 4.69) is 20.6 Å². The fraction of sp³-hybridized carbons (Fsp3) is 0.375. The first-order valence-corrected chi connectivity index (χ1v) is 7.84. The van der Waals surface area contributed by atoms with Crippen molar-refractivity contribution in [2.24, 2.45) is 0 Å². The predicted molar refractivity (Wildman–Crippen MR) is 92.2 cm³/mol. The number of anilines is 2. The van der Waals surface area contributed by atoms with E-state index < -0.39 is 4.92 Å². The Balaban J connectivity index is 1.78. The van der Waals surface area contributed by atoms with Crippen LogP contribution in [0.3, 0.4) is 0 Å². The van der Waals surface area contributed by atoms with Crippen LogP contribution in [0.2, 0.25) is 0 Å². The molecule has 0 spiro atoms. The molecule has 1 aliphatic carbocycles. The summed E-state index contributed by atoms with van der Waals surface area (Å²) >= 11 is 0. The van der Waals surface area contributed by atoms with Crippen LogP contribution in [-0.4, -0.2) is 35.2 Å². The normalized spacial score (nSPS) is 13.2. The van der Waals surface area contributed by atoms with Gasteiger partial charge >= 0.3 is 5.69 Å². The van der Waals surface area contributed by atoms with Gasteiger partial charge in [0.2, 0.25) is 11.8 Å². The van der Waals surface area contributed by atoms with Crippen molar-refractivity contribution in [1.29, 1.82) is 0 Å². The zero-order valence-corrected chi connectivity index (χ0v) is 14.0. The molecule has 1 aliphatic rings. The highest BCUT2D eigenvalue weighted by Gasteiger charge is 2.26. The van der Waals surface area contributed by atoms with Crippen molar-refractivity contribution >= 4 is 17.5 Å². The van der Waals surface area contributed by atoms with Gasteiger partial charge in [0.25, 0.3) is 0 Å². The Labute approximate surface area is 144 Å². The van der Waals surface area contributed by atoms with E-state index in [4.69, 9.17) is 9.47 Å². The molecule has 3 rings (SSSR count). The molecule has 132 valence electrons. The minimum absolute atomic E-state index is 0.128. The van der Waals surface area contributed by atoms with E-state index in [0.29, 0.717) is 24.0 Å². The molecule has 0 aliphatic heterocycles. The van der Waals surface area contributed by atoms with Gasteiger partial charge in [0, 0.05) is 18.2 Å². The molecule has 1 fully saturated rings. The molecule has 1 aromatic carbocycles. The lowest BCUT2D eigenvalue weighted by Gasteiger charge is -2.13. The number of nitro groups is 1. The number of para-hydroxylation sites is 1. The van der Waals surface area contributed by atoms with Crippen LogP contribution in [0.5, 0.6) is 11.5 Å². The number of rotatable bonds is 8. The molecule has 0 saturated heterocycles. The summed E-state index contributed by atoms with van der Waals surface area (Å²) in [6.45, 7) is 0.390. The average molecular weight is 345 g/mol. The molecule has 1 aromatic heterocycles. The molecule has 0 radical (unpaired) electrons. The summed E-state index contributed by atoms with van der Waals surface area (Å²) < 4.78 is 10.7. The van der Waals surface area contributed by atoms with Gasteiger partial charge in [0.05, 0.1) is 19.1 Å². The van der Waals surface area contributed by atoms with E-state index in [9.17, 15) is 10.1 Å². The zero-order valence-electron chi connectivity index (χ0n) is 14.0. The van der Waals surface area contributed by atoms with E-state index in [1.807, 2.05) is 18.2 Å². The Morgan fingerprint density at radius 1 is 1.32 bits per heavy atom. The highest BCUT2D eigenvalue weighted by molar-refractivity contribution is 5.58. The van der Waals surface area contributed by atoms with E-state index in [0.717, 1.165) is 18.4 Å². The maximum absolute atomic E-state index is 11.1. The van der Waals surface area contributed by atoms with Gasteiger partial charge in [0.1, 0.15) is 6.20 Å². The molecule has 25 heavy (non-hydrogen) atoms. The minimum atomic E-state index is -0.487. The topological polar surface area (TPSA) is 111 Å². The Hall–Kier alpha value is -3.10. The lowest BCUT2D eigenvalue weighted by Crippen LogP contribution is -2.11. The molecule has 1 heterocycles. The second kappa shape index (κ2) is 7.20. The molecular formula is C16H19N5O4. The number of hydrogen-bond acceptors (Lipinski definition) is 8. The van der Waals surface area contributed by atoms with Crippen molar-refractivity contribution in [1.82, 2.24) is 9.97 Å². The Kier molecular flexibility index (Phi) is 4.82. The van der Waals surface area contributed by atoms with Crippen molar-refractivity contribution in [3.63, 3.8) is 0 Å². The summed E-state index contributed by atoms with van der Waals surface area (Å²) in [4.78, 5) is 18.9. The van der Waals surface area contributed by atoms with Gasteiger partial charge in [-0.3, -0.25) is 10.1 Å². The quantitative estimate of drug-likeness (QED) is 0.555. The highest BCUT2D eigenvalue weighted by atomic mass is 16.6. The first-order valence-electron chi connectivity index (χ1n) is 7.84. The third-order valence-electron chi connectivity index (χ3n) is 3.81. The van der Waals surface area contributed by atoms with Crippen LogP contribution in [0.4, 0.5) is 17.5 Å². The SMILES string of the molecule is COc1cccc(CNc2ncc([N+](=O)[O-])c(NC3CC3)n2)c1OC. The van der Waals surface area contributed by atoms with Crippen molar-refractivity contribution in [3.05, 3.63) is 40.1 Å². The van der Waals surface area contributed by atoms with Crippen LogP contribution >= 0.6 is 0 Å². The van der Waals surface area contributed by atoms with E-state index in [1.54, 1.807) is 14.2 Å². The van der Waals surface area contributed by atoms with Gasteiger partial charge in [-0.1, -0.05) is 12.1 Å². The number of nitrogens with one attached hydrogen (secondary N) is 2. The van der Waals surface area contributed by atoms with Crippen molar-refractivity contribution < 1.29 is 14.4 Å². The number of methoxy groups -OCH3 is 2. The molecule has 0 amide bonds. The first-order chi connectivity index (χ1) is 12.1. The second-order valence-corrected chi connectivity index (χ2v) is 5.61. The summed E-state index contributed by atoms with van der Waals surface area (Å²) in [5.41, 5.74) is 0.733. The summed E-state index contributed by atoms with van der Waals surface area (Å²) in [5, 5.41) is 17.2. The lowest BCUT2D eigenvalue weighted by molar-refractivity contribution is -0.384. The van der Waals surface area contributed by atoms with Gasteiger partial charge in [-0.2, -0.15) is 4.98 Å². The van der Waals surface area contributed by atoms with Gasteiger partial charge in [0.15, 0.2) is 11.5 Å². The Morgan fingerprint density at radius 2 is 2.12 bits per heavy atom. The van der Waals surface area contributed by atoms with Crippen LogP contribution in [0, 0.1) is 10.1 Å². The first kappa shape index (κ1) is 16.7. The summed E-state index contributed by atoms with van der Waals surface area (Å²) in [5.74, 6) is 1.79. The van der Waals surface area contributed by atoms with Crippen LogP contribution in [0.1, 0.15) is 18.4 Å². The predicted octanol–water partition coefficient (Wildman–Crippen LogP) is 2.59. The molecule has 9 heteroatoms. The zero-order chi connectivity index (χ0) is 17.8. The fourth-order valence-electron chi connectivity index (χ4n) is 2.39. The van der Waals surface area contributed by atoms with E-state index >= 15 is 0 Å². The Bertz CT molecular complexity index is 779. The molecular weight excluding hydrogens is 326 g/mol. The Morgan fingerprint density at radius 3 is 2.76 bits per heavy atom. The molecule has 2 aromatic rings. The number of benzene rings is 1. The smallest absolute Gasteiger partial charge is 0.329 e. The van der Waals surface area contributed by atoms with Gasteiger partial charge in [-0.15, -0.1) is 0 Å². The van der Waals surface area contributed by atoms with Crippen LogP contribution in [-0.2, 0) is 6.54 Å². The van der Waals surface area contributed by atoms with Crippen molar-refractivity contribution in [2.75, 3.05) is 24.9 Å². The number of nitrogens with zero attached hydrogens (tertiary/aromatic N) is 3. The fourth-order valence-corrected chi connectivity index (χ4v) is 2.39. The third-order valence-corrected chi connectivity index (χ3v) is 3.81. The number of ether oxygens (including phenoxy) is 2. The van der Waals surface area contributed by atoms with Crippen molar-refractivity contribution in [2.45, 2.75) is 25.4 Å². The third kappa shape index (κ3) is 3.87. The molecule has 0 bridgehead atoms. The van der Waals surface area contributed by atoms with Crippen LogP contribution in [0.15, 0.2) is 24.4 Å². The van der Waals surface area contributed by atoms with Crippen LogP contribution in [0.25, 0.3) is 0 Å². The largest absolute Gasteiger partial charge is 0.493 e. The van der Waals surface area contributed by atoms with Crippen molar-refractivity contribution in [3.8, 4) is 11.5 Å². The van der Waals surface area contributed by atoms with Gasteiger partial charge < -0.3 is 20.1 Å². The molecule has 0 atom stereocenters. The molecule has 0 unspecified atom stereocenters. The van der Waals surface area contributed by atoms with E-state index in [-0.39, 0.29) is 17.5 Å². The maximum atomic E-state index is 11.1. The van der Waals surface area contributed by atoms with Gasteiger partial charge in [-0.25, -0.2) is 4.98 Å². The summed E-state index contributed by atoms with van der Waals surface area (Å²) in [7, 11) is 3.14. The summed E-state index contributed by atoms with van der Waals surface area (Å²) in [6, 6.07) is 5.81. The minimum Gasteiger partial charge on any atom is -0.493 e. The lowest BCUT2D eigenvalue weighted by atomic mass is 10.2. The standard InChI is InChI=1S/C16H19N5O4/c1-24-13-5-3-4-10(14(13)25-2)8-17-16-18-9-12(21(22)23)15(20-16)19-11-6-7-11/h3-5,9,11H,6-8H2,1-2H3,(H2,17,18,19,20). The number of aromatic nitrogens is 2. The second-order valence-electron chi connectivity index (χ2n) is 5.61. The monoisotopic (exact) mass is 345 g/mol. The molecule has 1 saturated carbocycles. The molecule has 2 N–H and O–H groups in total. The highest BCUT2D eigenvalue weighted by Crippen LogP contribution is 2.32. The molecule has 9 nitrogen and oxygen atoms in total. The average Bonchev–Trinajstić information content (AvgIpc) is 3.43. The summed E-state index contributed by atoms with van der Waals surface area (Å²) in [6.07, 6.45) is 3.19. The van der Waals surface area contributed by atoms with Crippen LogP contribution < -0.4 is 20.1 Å². The maximum Gasteiger partial charge on any atom is 0.329 e. The van der Waals surface area contributed by atoms with E-state index in [1.165, 1.54) is 6.20 Å². The number of hydrogen-bond donors (Lipinski definition) is 2. The van der Waals surface area contributed by atoms with Gasteiger partial charge in [-0.05, 0) is 18.9 Å².